The van der Waals surface area contributed by atoms with Crippen molar-refractivity contribution in [3.05, 3.63) is 10.3 Å². The number of nitrogens with zero attached hydrogens (tertiary/aromatic N) is 3. The van der Waals surface area contributed by atoms with E-state index in [4.69, 9.17) is 0 Å². The molecule has 0 spiro atoms. The maximum absolute atomic E-state index is 10.5. The lowest BCUT2D eigenvalue weighted by Crippen LogP contribution is -2.06. The van der Waals surface area contributed by atoms with Gasteiger partial charge in [-0.2, -0.15) is 0 Å². The molecule has 0 saturated heterocycles. The largest absolute Gasteiger partial charge is 0.296 e. The number of rotatable bonds is 2. The molecule has 0 aliphatic carbocycles. The summed E-state index contributed by atoms with van der Waals surface area (Å²) in [4.78, 5) is 10.5. The monoisotopic (exact) mass is 217 g/mol. The van der Waals surface area contributed by atoms with Crippen LogP contribution in [0.5, 0.6) is 0 Å². The van der Waals surface area contributed by atoms with Gasteiger partial charge in [-0.3, -0.25) is 4.79 Å². The summed E-state index contributed by atoms with van der Waals surface area (Å²) in [7, 11) is 0. The van der Waals surface area contributed by atoms with E-state index in [1.165, 1.54) is 0 Å². The Morgan fingerprint density at radius 2 is 2.27 bits per heavy atom. The smallest absolute Gasteiger partial charge is 0.170 e. The molecule has 0 amide bonds. The summed E-state index contributed by atoms with van der Waals surface area (Å²) in [5.74, 6) is 0. The third-order valence-electron chi connectivity index (χ3n) is 1.29. The molecular formula is C6H8BrN3O. The van der Waals surface area contributed by atoms with E-state index < -0.39 is 0 Å². The van der Waals surface area contributed by atoms with Crippen LogP contribution in [0.1, 0.15) is 30.4 Å². The molecule has 0 aliphatic heterocycles. The van der Waals surface area contributed by atoms with E-state index in [-0.39, 0.29) is 6.04 Å². The van der Waals surface area contributed by atoms with Crippen LogP contribution in [0.15, 0.2) is 4.60 Å². The summed E-state index contributed by atoms with van der Waals surface area (Å²) in [6.45, 7) is 3.88. The highest BCUT2D eigenvalue weighted by atomic mass is 79.9. The number of aromatic nitrogens is 3. The van der Waals surface area contributed by atoms with Gasteiger partial charge in [0.2, 0.25) is 0 Å². The van der Waals surface area contributed by atoms with Gasteiger partial charge >= 0.3 is 0 Å². The summed E-state index contributed by atoms with van der Waals surface area (Å²) >= 11 is 3.12. The molecule has 60 valence electrons. The minimum absolute atomic E-state index is 0.161. The second-order valence-electron chi connectivity index (χ2n) is 2.42. The number of halogens is 1. The molecule has 1 heterocycles. The van der Waals surface area contributed by atoms with Crippen LogP contribution in [-0.2, 0) is 0 Å². The predicted octanol–water partition coefficient (Wildman–Crippen LogP) is 1.43. The molecule has 0 N–H and O–H groups in total. The molecule has 0 aliphatic rings. The summed E-state index contributed by atoms with van der Waals surface area (Å²) < 4.78 is 2.07. The molecule has 1 aromatic rings. The van der Waals surface area contributed by atoms with Gasteiger partial charge < -0.3 is 0 Å². The van der Waals surface area contributed by atoms with E-state index in [2.05, 4.69) is 26.2 Å². The third-order valence-corrected chi connectivity index (χ3v) is 1.85. The Bertz CT molecular complexity index is 269. The van der Waals surface area contributed by atoms with Crippen molar-refractivity contribution in [1.29, 1.82) is 0 Å². The zero-order valence-electron chi connectivity index (χ0n) is 6.28. The maximum Gasteiger partial charge on any atom is 0.170 e. The van der Waals surface area contributed by atoms with E-state index >= 15 is 0 Å². The van der Waals surface area contributed by atoms with Crippen LogP contribution in [0.3, 0.4) is 0 Å². The average molecular weight is 218 g/mol. The number of carbonyl (C=O) groups excluding carboxylic acids is 1. The molecule has 0 radical (unpaired) electrons. The number of hydrogen-bond donors (Lipinski definition) is 0. The van der Waals surface area contributed by atoms with Crippen molar-refractivity contribution < 1.29 is 4.79 Å². The summed E-state index contributed by atoms with van der Waals surface area (Å²) in [6, 6.07) is 0.161. The first-order chi connectivity index (χ1) is 5.16. The van der Waals surface area contributed by atoms with Gasteiger partial charge in [0.05, 0.1) is 0 Å². The molecule has 0 atom stereocenters. The highest BCUT2D eigenvalue weighted by Crippen LogP contribution is 2.13. The van der Waals surface area contributed by atoms with E-state index in [0.717, 1.165) is 6.29 Å². The van der Waals surface area contributed by atoms with Crippen LogP contribution in [0.25, 0.3) is 0 Å². The van der Waals surface area contributed by atoms with Crippen LogP contribution >= 0.6 is 15.9 Å². The Morgan fingerprint density at radius 3 is 2.64 bits per heavy atom. The van der Waals surface area contributed by atoms with Crippen LogP contribution < -0.4 is 0 Å². The molecule has 0 unspecified atom stereocenters. The Kier molecular flexibility index (Phi) is 2.38. The molecule has 1 rings (SSSR count). The Labute approximate surface area is 72.7 Å². The third kappa shape index (κ3) is 1.48. The Morgan fingerprint density at radius 1 is 1.64 bits per heavy atom. The lowest BCUT2D eigenvalue weighted by molar-refractivity contribution is 0.111. The standard InChI is InChI=1S/C6H8BrN3O/c1-4(2)10-5(3-11)6(7)8-9-10/h3-4H,1-2H3. The van der Waals surface area contributed by atoms with Crippen molar-refractivity contribution in [2.24, 2.45) is 0 Å². The average Bonchev–Trinajstić information content (AvgIpc) is 2.30. The highest BCUT2D eigenvalue weighted by Gasteiger charge is 2.10. The second-order valence-corrected chi connectivity index (χ2v) is 3.17. The topological polar surface area (TPSA) is 47.8 Å². The quantitative estimate of drug-likeness (QED) is 0.705. The van der Waals surface area contributed by atoms with Crippen molar-refractivity contribution in [2.75, 3.05) is 0 Å². The molecule has 5 heteroatoms. The van der Waals surface area contributed by atoms with Crippen molar-refractivity contribution >= 4 is 22.2 Å². The highest BCUT2D eigenvalue weighted by molar-refractivity contribution is 9.10. The van der Waals surface area contributed by atoms with Gasteiger partial charge in [-0.15, -0.1) is 5.10 Å². The Balaban J connectivity index is 3.15. The van der Waals surface area contributed by atoms with Gasteiger partial charge in [0.15, 0.2) is 10.9 Å². The zero-order chi connectivity index (χ0) is 8.43. The molecule has 0 bridgehead atoms. The van der Waals surface area contributed by atoms with Gasteiger partial charge in [-0.25, -0.2) is 4.68 Å². The minimum Gasteiger partial charge on any atom is -0.296 e. The van der Waals surface area contributed by atoms with Crippen molar-refractivity contribution in [3.8, 4) is 0 Å². The number of aldehydes is 1. The van der Waals surface area contributed by atoms with Crippen LogP contribution in [0, 0.1) is 0 Å². The van der Waals surface area contributed by atoms with E-state index in [1.54, 1.807) is 4.68 Å². The maximum atomic E-state index is 10.5. The lowest BCUT2D eigenvalue weighted by atomic mass is 10.4. The summed E-state index contributed by atoms with van der Waals surface area (Å²) in [5, 5.41) is 7.48. The lowest BCUT2D eigenvalue weighted by Gasteiger charge is -2.04. The number of hydrogen-bond acceptors (Lipinski definition) is 3. The molecule has 1 aromatic heterocycles. The first kappa shape index (κ1) is 8.39. The van der Waals surface area contributed by atoms with Gasteiger partial charge in [-0.1, -0.05) is 5.21 Å². The molecule has 11 heavy (non-hydrogen) atoms. The fraction of sp³-hybridized carbons (Fsp3) is 0.500. The fourth-order valence-corrected chi connectivity index (χ4v) is 1.11. The first-order valence-corrected chi connectivity index (χ1v) is 4.02. The van der Waals surface area contributed by atoms with Gasteiger partial charge in [0.1, 0.15) is 5.69 Å². The molecular weight excluding hydrogens is 210 g/mol. The SMILES string of the molecule is CC(C)n1nnc(Br)c1C=O. The Hall–Kier alpha value is -0.710. The summed E-state index contributed by atoms with van der Waals surface area (Å²) in [6.07, 6.45) is 0.740. The first-order valence-electron chi connectivity index (χ1n) is 3.22. The molecule has 0 saturated carbocycles. The normalized spacial score (nSPS) is 10.5. The van der Waals surface area contributed by atoms with Gasteiger partial charge in [-0.05, 0) is 29.8 Å². The molecule has 0 aromatic carbocycles. The van der Waals surface area contributed by atoms with Gasteiger partial charge in [0.25, 0.3) is 0 Å². The van der Waals surface area contributed by atoms with Crippen molar-refractivity contribution in [3.63, 3.8) is 0 Å². The van der Waals surface area contributed by atoms with Crippen molar-refractivity contribution in [2.45, 2.75) is 19.9 Å². The summed E-state index contributed by atoms with van der Waals surface area (Å²) in [5.41, 5.74) is 0.486. The minimum atomic E-state index is 0.161. The van der Waals surface area contributed by atoms with E-state index in [1.807, 2.05) is 13.8 Å². The van der Waals surface area contributed by atoms with E-state index in [0.29, 0.717) is 10.3 Å². The predicted molar refractivity (Wildman–Crippen MR) is 43.5 cm³/mol. The fourth-order valence-electron chi connectivity index (χ4n) is 0.765. The second kappa shape index (κ2) is 3.13. The number of carbonyl (C=O) groups is 1. The zero-order valence-corrected chi connectivity index (χ0v) is 7.87. The molecule has 0 fully saturated rings. The van der Waals surface area contributed by atoms with E-state index in [9.17, 15) is 4.79 Å². The van der Waals surface area contributed by atoms with Crippen LogP contribution in [-0.4, -0.2) is 21.3 Å². The van der Waals surface area contributed by atoms with Crippen molar-refractivity contribution in [1.82, 2.24) is 15.0 Å². The molecule has 4 nitrogen and oxygen atoms in total. The van der Waals surface area contributed by atoms with Gasteiger partial charge in [0, 0.05) is 6.04 Å². The van der Waals surface area contributed by atoms with Crippen LogP contribution in [0.4, 0.5) is 0 Å². The van der Waals surface area contributed by atoms with Crippen LogP contribution in [0.2, 0.25) is 0 Å².